The lowest BCUT2D eigenvalue weighted by molar-refractivity contribution is 0.361. The van der Waals surface area contributed by atoms with E-state index in [-0.39, 0.29) is 11.9 Å². The summed E-state index contributed by atoms with van der Waals surface area (Å²) in [6.45, 7) is 1.44. The Bertz CT molecular complexity index is 448. The summed E-state index contributed by atoms with van der Waals surface area (Å²) in [7, 11) is 0. The topological polar surface area (TPSA) is 12.0 Å². The van der Waals surface area contributed by atoms with E-state index in [9.17, 15) is 22.0 Å². The molecule has 0 radical (unpaired) electrons. The second-order valence-electron chi connectivity index (χ2n) is 2.48. The lowest BCUT2D eigenvalue weighted by Gasteiger charge is -2.05. The Balaban J connectivity index is 3.21. The second-order valence-corrected chi connectivity index (χ2v) is 3.29. The smallest absolute Gasteiger partial charge is 0.200 e. The van der Waals surface area contributed by atoms with Crippen LogP contribution in [-0.2, 0) is 0 Å². The summed E-state index contributed by atoms with van der Waals surface area (Å²) in [5.41, 5.74) is 0. The molecule has 0 unspecified atom stereocenters. The Morgan fingerprint density at radius 2 is 1.31 bits per heavy atom. The van der Waals surface area contributed by atoms with Gasteiger partial charge in [-0.1, -0.05) is 5.92 Å². The summed E-state index contributed by atoms with van der Waals surface area (Å²) >= 11 is 0.215. The summed E-state index contributed by atoms with van der Waals surface area (Å²) in [5.74, 6) is -7.57. The van der Waals surface area contributed by atoms with E-state index in [1.165, 1.54) is 6.92 Å². The van der Waals surface area contributed by atoms with Gasteiger partial charge in [0.05, 0.1) is 0 Å². The van der Waals surface area contributed by atoms with Crippen LogP contribution >= 0.6 is 11.9 Å². The van der Waals surface area contributed by atoms with Crippen LogP contribution in [-0.4, -0.2) is 0 Å². The molecule has 0 heterocycles. The highest BCUT2D eigenvalue weighted by molar-refractivity contribution is 7.97. The van der Waals surface area contributed by atoms with Crippen molar-refractivity contribution >= 4 is 11.9 Å². The molecule has 1 aromatic carbocycles. The Morgan fingerprint density at radius 3 is 1.75 bits per heavy atom. The average Bonchev–Trinajstić information content (AvgIpc) is 2.28. The van der Waals surface area contributed by atoms with Crippen LogP contribution in [0.5, 0.6) is 0 Å². The molecule has 16 heavy (non-hydrogen) atoms. The van der Waals surface area contributed by atoms with Crippen molar-refractivity contribution < 1.29 is 22.0 Å². The number of halogens is 5. The van der Waals surface area contributed by atoms with Gasteiger partial charge in [0.25, 0.3) is 0 Å². The molecular formula is C9H4F5NS. The average molecular weight is 253 g/mol. The van der Waals surface area contributed by atoms with Crippen LogP contribution in [0.1, 0.15) is 6.92 Å². The van der Waals surface area contributed by atoms with Crippen molar-refractivity contribution in [2.24, 2.45) is 0 Å². The molecular weight excluding hydrogens is 249 g/mol. The fourth-order valence-corrected chi connectivity index (χ4v) is 1.42. The van der Waals surface area contributed by atoms with E-state index in [0.29, 0.717) is 0 Å². The number of hydrogen-bond donors (Lipinski definition) is 1. The Hall–Kier alpha value is -1.42. The maximum absolute atomic E-state index is 13.0. The van der Waals surface area contributed by atoms with E-state index in [2.05, 4.69) is 16.7 Å². The molecule has 0 spiro atoms. The third-order valence-electron chi connectivity index (χ3n) is 1.50. The quantitative estimate of drug-likeness (QED) is 0.217. The molecule has 0 fully saturated rings. The number of hydrogen-bond acceptors (Lipinski definition) is 2. The van der Waals surface area contributed by atoms with Crippen molar-refractivity contribution in [1.29, 1.82) is 0 Å². The Labute approximate surface area is 92.2 Å². The summed E-state index contributed by atoms with van der Waals surface area (Å²) in [6, 6.07) is 2.20. The molecule has 0 aliphatic rings. The zero-order chi connectivity index (χ0) is 12.3. The molecule has 0 amide bonds. The monoisotopic (exact) mass is 253 g/mol. The van der Waals surface area contributed by atoms with Crippen LogP contribution < -0.4 is 4.72 Å². The van der Waals surface area contributed by atoms with Gasteiger partial charge in [-0.15, -0.1) is 0 Å². The predicted octanol–water partition coefficient (Wildman–Crippen LogP) is 2.96. The van der Waals surface area contributed by atoms with Crippen molar-refractivity contribution in [3.63, 3.8) is 0 Å². The summed E-state index contributed by atoms with van der Waals surface area (Å²) < 4.78 is 66.1. The van der Waals surface area contributed by atoms with Gasteiger partial charge >= 0.3 is 0 Å². The second kappa shape index (κ2) is 5.07. The van der Waals surface area contributed by atoms with Gasteiger partial charge in [-0.25, -0.2) is 22.0 Å². The highest BCUT2D eigenvalue weighted by Crippen LogP contribution is 2.28. The first-order valence-corrected chi connectivity index (χ1v) is 4.67. The third-order valence-corrected chi connectivity index (χ3v) is 2.27. The molecule has 7 heteroatoms. The minimum absolute atomic E-state index is 0.215. The van der Waals surface area contributed by atoms with Gasteiger partial charge in [0, 0.05) is 6.04 Å². The predicted molar refractivity (Wildman–Crippen MR) is 48.7 cm³/mol. The standard InChI is InChI=1S/C9H4F5NS/c1-2-3-15-16-9-7(13)5(11)4(10)6(12)8(9)14/h15H,1H3. The number of benzene rings is 1. The molecule has 1 rings (SSSR count). The van der Waals surface area contributed by atoms with Gasteiger partial charge in [-0.2, -0.15) is 0 Å². The Morgan fingerprint density at radius 1 is 0.875 bits per heavy atom. The van der Waals surface area contributed by atoms with Crippen LogP contribution in [0.25, 0.3) is 0 Å². The van der Waals surface area contributed by atoms with Crippen molar-refractivity contribution in [1.82, 2.24) is 4.72 Å². The summed E-state index contributed by atoms with van der Waals surface area (Å²) in [4.78, 5) is -1.01. The van der Waals surface area contributed by atoms with E-state index >= 15 is 0 Å². The van der Waals surface area contributed by atoms with E-state index in [1.54, 1.807) is 0 Å². The van der Waals surface area contributed by atoms with Gasteiger partial charge in [-0.3, -0.25) is 4.72 Å². The minimum Gasteiger partial charge on any atom is -0.285 e. The first-order chi connectivity index (χ1) is 7.50. The van der Waals surface area contributed by atoms with Gasteiger partial charge < -0.3 is 0 Å². The van der Waals surface area contributed by atoms with E-state index in [1.807, 2.05) is 0 Å². The van der Waals surface area contributed by atoms with Gasteiger partial charge in [-0.05, 0) is 18.9 Å². The minimum atomic E-state index is -2.18. The zero-order valence-corrected chi connectivity index (χ0v) is 8.61. The van der Waals surface area contributed by atoms with Crippen molar-refractivity contribution in [3.05, 3.63) is 29.1 Å². The molecule has 0 bridgehead atoms. The van der Waals surface area contributed by atoms with E-state index < -0.39 is 34.0 Å². The molecule has 86 valence electrons. The van der Waals surface area contributed by atoms with Crippen LogP contribution in [0.2, 0.25) is 0 Å². The SMILES string of the molecule is CC#CNSc1c(F)c(F)c(F)c(F)c1F. The zero-order valence-electron chi connectivity index (χ0n) is 7.80. The van der Waals surface area contributed by atoms with Crippen LogP contribution in [0.15, 0.2) is 4.90 Å². The van der Waals surface area contributed by atoms with Crippen molar-refractivity contribution in [2.75, 3.05) is 0 Å². The molecule has 0 aromatic heterocycles. The molecule has 1 N–H and O–H groups in total. The third kappa shape index (κ3) is 2.22. The van der Waals surface area contributed by atoms with Crippen LogP contribution in [0.3, 0.4) is 0 Å². The maximum Gasteiger partial charge on any atom is 0.200 e. The number of rotatable bonds is 2. The summed E-state index contributed by atoms with van der Waals surface area (Å²) in [5, 5.41) is 0. The molecule has 0 aliphatic carbocycles. The largest absolute Gasteiger partial charge is 0.285 e. The first-order valence-electron chi connectivity index (χ1n) is 3.85. The molecule has 0 atom stereocenters. The molecule has 0 aliphatic heterocycles. The fourth-order valence-electron chi connectivity index (χ4n) is 0.802. The van der Waals surface area contributed by atoms with Gasteiger partial charge in [0.15, 0.2) is 23.3 Å². The molecule has 0 saturated heterocycles. The van der Waals surface area contributed by atoms with Crippen LogP contribution in [0.4, 0.5) is 22.0 Å². The highest BCUT2D eigenvalue weighted by Gasteiger charge is 2.25. The van der Waals surface area contributed by atoms with Crippen LogP contribution in [0, 0.1) is 41.1 Å². The summed E-state index contributed by atoms with van der Waals surface area (Å²) in [6.07, 6.45) is 0. The van der Waals surface area contributed by atoms with Crippen molar-refractivity contribution in [2.45, 2.75) is 11.8 Å². The number of nitrogens with one attached hydrogen (secondary N) is 1. The molecule has 1 nitrogen and oxygen atoms in total. The van der Waals surface area contributed by atoms with Gasteiger partial charge in [0.2, 0.25) is 5.82 Å². The fraction of sp³-hybridized carbons (Fsp3) is 0.111. The first kappa shape index (κ1) is 12.6. The Kier molecular flexibility index (Phi) is 4.01. The van der Waals surface area contributed by atoms with Crippen molar-refractivity contribution in [3.8, 4) is 12.0 Å². The lowest BCUT2D eigenvalue weighted by atomic mass is 10.3. The lowest BCUT2D eigenvalue weighted by Crippen LogP contribution is -2.05. The highest BCUT2D eigenvalue weighted by atomic mass is 32.2. The molecule has 0 saturated carbocycles. The maximum atomic E-state index is 13.0. The van der Waals surface area contributed by atoms with E-state index in [4.69, 9.17) is 0 Å². The molecule has 1 aromatic rings. The van der Waals surface area contributed by atoms with E-state index in [0.717, 1.165) is 0 Å². The normalized spacial score (nSPS) is 9.62. The van der Waals surface area contributed by atoms with Gasteiger partial charge in [0.1, 0.15) is 4.90 Å².